The van der Waals surface area contributed by atoms with Gasteiger partial charge in [0.2, 0.25) is 11.8 Å². The fraction of sp³-hybridized carbons (Fsp3) is 0.238. The Morgan fingerprint density at radius 3 is 2.50 bits per heavy atom. The van der Waals surface area contributed by atoms with Crippen molar-refractivity contribution in [2.24, 2.45) is 0 Å². The van der Waals surface area contributed by atoms with Crippen LogP contribution in [0.3, 0.4) is 0 Å². The minimum atomic E-state index is -0.324. The zero-order chi connectivity index (χ0) is 18.4. The predicted molar refractivity (Wildman–Crippen MR) is 101 cm³/mol. The van der Waals surface area contributed by atoms with E-state index in [4.69, 9.17) is 10.2 Å². The lowest BCUT2D eigenvalue weighted by Crippen LogP contribution is -2.31. The molecule has 2 aromatic carbocycles. The van der Waals surface area contributed by atoms with Gasteiger partial charge in [0.05, 0.1) is 12.1 Å². The number of aromatic nitrogens is 1. The van der Waals surface area contributed by atoms with Gasteiger partial charge in [0, 0.05) is 12.1 Å². The standard InChI is InChI=1S/C21H23N3O2/c1-2-18-14-26-21(23-18)19(12-16-8-10-17(22)11-9-16)24-20(25)13-15-6-4-3-5-7-15/h3-11,14,19H,2,12-13,22H2,1H3,(H,24,25)/t19-/m0/s1. The second-order valence-corrected chi connectivity index (χ2v) is 6.26. The van der Waals surface area contributed by atoms with Gasteiger partial charge < -0.3 is 15.5 Å². The quantitative estimate of drug-likeness (QED) is 0.640. The van der Waals surface area contributed by atoms with E-state index in [1.54, 1.807) is 6.26 Å². The molecule has 0 bridgehead atoms. The molecule has 0 fully saturated rings. The van der Waals surface area contributed by atoms with E-state index in [1.165, 1.54) is 0 Å². The molecule has 0 aliphatic rings. The zero-order valence-electron chi connectivity index (χ0n) is 14.8. The number of hydrogen-bond donors (Lipinski definition) is 2. The summed E-state index contributed by atoms with van der Waals surface area (Å²) in [6.07, 6.45) is 3.34. The molecular formula is C21H23N3O2. The Labute approximate surface area is 153 Å². The number of aryl methyl sites for hydroxylation is 1. The summed E-state index contributed by atoms with van der Waals surface area (Å²) in [7, 11) is 0. The van der Waals surface area contributed by atoms with Crippen LogP contribution in [-0.4, -0.2) is 10.9 Å². The van der Waals surface area contributed by atoms with E-state index in [9.17, 15) is 4.79 Å². The highest BCUT2D eigenvalue weighted by molar-refractivity contribution is 5.78. The van der Waals surface area contributed by atoms with Gasteiger partial charge in [-0.05, 0) is 29.7 Å². The lowest BCUT2D eigenvalue weighted by Gasteiger charge is -2.16. The maximum atomic E-state index is 12.5. The van der Waals surface area contributed by atoms with Gasteiger partial charge in [-0.25, -0.2) is 4.98 Å². The van der Waals surface area contributed by atoms with Crippen LogP contribution in [-0.2, 0) is 24.1 Å². The highest BCUT2D eigenvalue weighted by Gasteiger charge is 2.20. The second-order valence-electron chi connectivity index (χ2n) is 6.26. The van der Waals surface area contributed by atoms with Gasteiger partial charge in [0.1, 0.15) is 12.3 Å². The maximum Gasteiger partial charge on any atom is 0.225 e. The summed E-state index contributed by atoms with van der Waals surface area (Å²) in [6, 6.07) is 17.0. The highest BCUT2D eigenvalue weighted by atomic mass is 16.3. The lowest BCUT2D eigenvalue weighted by molar-refractivity contribution is -0.121. The number of rotatable bonds is 7. The van der Waals surface area contributed by atoms with E-state index in [-0.39, 0.29) is 11.9 Å². The number of oxazole rings is 1. The molecule has 1 atom stereocenters. The summed E-state index contributed by atoms with van der Waals surface area (Å²) in [5.74, 6) is 0.466. The summed E-state index contributed by atoms with van der Waals surface area (Å²) < 4.78 is 5.61. The van der Waals surface area contributed by atoms with Gasteiger partial charge in [0.25, 0.3) is 0 Å². The molecule has 3 N–H and O–H groups in total. The molecule has 0 aliphatic heterocycles. The number of anilines is 1. The monoisotopic (exact) mass is 349 g/mol. The number of carbonyl (C=O) groups is 1. The molecule has 0 saturated carbocycles. The zero-order valence-corrected chi connectivity index (χ0v) is 14.8. The van der Waals surface area contributed by atoms with Crippen LogP contribution >= 0.6 is 0 Å². The number of carbonyl (C=O) groups excluding carboxylic acids is 1. The van der Waals surface area contributed by atoms with Crippen LogP contribution in [0.15, 0.2) is 65.3 Å². The van der Waals surface area contributed by atoms with Crippen molar-refractivity contribution < 1.29 is 9.21 Å². The van der Waals surface area contributed by atoms with Gasteiger partial charge in [-0.1, -0.05) is 49.4 Å². The molecule has 26 heavy (non-hydrogen) atoms. The average molecular weight is 349 g/mol. The highest BCUT2D eigenvalue weighted by Crippen LogP contribution is 2.20. The van der Waals surface area contributed by atoms with Crippen molar-refractivity contribution in [2.45, 2.75) is 32.2 Å². The van der Waals surface area contributed by atoms with Gasteiger partial charge >= 0.3 is 0 Å². The molecule has 1 aromatic heterocycles. The van der Waals surface area contributed by atoms with E-state index in [1.807, 2.05) is 61.5 Å². The van der Waals surface area contributed by atoms with Crippen molar-refractivity contribution in [3.63, 3.8) is 0 Å². The van der Waals surface area contributed by atoms with Crippen molar-refractivity contribution in [3.8, 4) is 0 Å². The van der Waals surface area contributed by atoms with E-state index in [0.717, 1.165) is 23.2 Å². The third kappa shape index (κ3) is 4.72. The fourth-order valence-electron chi connectivity index (χ4n) is 2.76. The molecular weight excluding hydrogens is 326 g/mol. The molecule has 1 heterocycles. The SMILES string of the molecule is CCc1coc([C@H](Cc2ccc(N)cc2)NC(=O)Cc2ccccc2)n1. The van der Waals surface area contributed by atoms with E-state index in [2.05, 4.69) is 10.3 Å². The Morgan fingerprint density at radius 1 is 1.12 bits per heavy atom. The maximum absolute atomic E-state index is 12.5. The fourth-order valence-corrected chi connectivity index (χ4v) is 2.76. The number of hydrogen-bond acceptors (Lipinski definition) is 4. The molecule has 0 unspecified atom stereocenters. The van der Waals surface area contributed by atoms with Crippen molar-refractivity contribution in [2.75, 3.05) is 5.73 Å². The largest absolute Gasteiger partial charge is 0.446 e. The van der Waals surface area contributed by atoms with Crippen LogP contribution < -0.4 is 11.1 Å². The summed E-state index contributed by atoms with van der Waals surface area (Å²) in [5.41, 5.74) is 9.37. The van der Waals surface area contributed by atoms with Gasteiger partial charge in [-0.15, -0.1) is 0 Å². The number of nitrogen functional groups attached to an aromatic ring is 1. The van der Waals surface area contributed by atoms with Crippen LogP contribution in [0.5, 0.6) is 0 Å². The van der Waals surface area contributed by atoms with Gasteiger partial charge in [-0.2, -0.15) is 0 Å². The van der Waals surface area contributed by atoms with E-state index in [0.29, 0.717) is 24.4 Å². The molecule has 1 amide bonds. The average Bonchev–Trinajstić information content (AvgIpc) is 3.13. The second kappa shape index (κ2) is 8.34. The molecule has 0 aliphatic carbocycles. The number of nitrogens with zero attached hydrogens (tertiary/aromatic N) is 1. The van der Waals surface area contributed by atoms with Gasteiger partial charge in [-0.3, -0.25) is 4.79 Å². The van der Waals surface area contributed by atoms with Crippen molar-refractivity contribution in [1.82, 2.24) is 10.3 Å². The minimum Gasteiger partial charge on any atom is -0.446 e. The molecule has 3 rings (SSSR count). The first-order valence-corrected chi connectivity index (χ1v) is 8.76. The van der Waals surface area contributed by atoms with Crippen molar-refractivity contribution in [1.29, 1.82) is 0 Å². The Bertz CT molecular complexity index is 841. The van der Waals surface area contributed by atoms with Crippen LogP contribution in [0.25, 0.3) is 0 Å². The predicted octanol–water partition coefficient (Wildman–Crippen LogP) is 3.46. The molecule has 5 heteroatoms. The number of nitrogens with two attached hydrogens (primary N) is 1. The van der Waals surface area contributed by atoms with E-state index >= 15 is 0 Å². The summed E-state index contributed by atoms with van der Waals surface area (Å²) >= 11 is 0. The van der Waals surface area contributed by atoms with Crippen LogP contribution in [0.4, 0.5) is 5.69 Å². The van der Waals surface area contributed by atoms with Crippen LogP contribution in [0.1, 0.15) is 35.7 Å². The number of nitrogens with one attached hydrogen (secondary N) is 1. The van der Waals surface area contributed by atoms with Crippen molar-refractivity contribution in [3.05, 3.63) is 83.6 Å². The molecule has 134 valence electrons. The van der Waals surface area contributed by atoms with Crippen LogP contribution in [0.2, 0.25) is 0 Å². The summed E-state index contributed by atoms with van der Waals surface area (Å²) in [5, 5.41) is 3.06. The molecule has 0 saturated heterocycles. The minimum absolute atomic E-state index is 0.0621. The van der Waals surface area contributed by atoms with Crippen molar-refractivity contribution >= 4 is 11.6 Å². The summed E-state index contributed by atoms with van der Waals surface area (Å²) in [6.45, 7) is 2.02. The molecule has 0 spiro atoms. The Balaban J connectivity index is 1.75. The number of benzene rings is 2. The van der Waals surface area contributed by atoms with E-state index < -0.39 is 0 Å². The molecule has 0 radical (unpaired) electrons. The normalized spacial score (nSPS) is 11.9. The first-order chi connectivity index (χ1) is 12.6. The first kappa shape index (κ1) is 17.7. The first-order valence-electron chi connectivity index (χ1n) is 8.76. The Hall–Kier alpha value is -3.08. The molecule has 5 nitrogen and oxygen atoms in total. The van der Waals surface area contributed by atoms with Gasteiger partial charge in [0.15, 0.2) is 0 Å². The molecule has 3 aromatic rings. The Morgan fingerprint density at radius 2 is 1.85 bits per heavy atom. The lowest BCUT2D eigenvalue weighted by atomic mass is 10.0. The third-order valence-corrected chi connectivity index (χ3v) is 4.19. The number of amides is 1. The summed E-state index contributed by atoms with van der Waals surface area (Å²) in [4.78, 5) is 17.0. The van der Waals surface area contributed by atoms with Crippen LogP contribution in [0, 0.1) is 0 Å². The topological polar surface area (TPSA) is 81.1 Å². The third-order valence-electron chi connectivity index (χ3n) is 4.19. The smallest absolute Gasteiger partial charge is 0.225 e. The Kier molecular flexibility index (Phi) is 5.69.